The summed E-state index contributed by atoms with van der Waals surface area (Å²) in [7, 11) is 0. The van der Waals surface area contributed by atoms with Crippen LogP contribution in [0.5, 0.6) is 11.6 Å². The molecule has 0 atom stereocenters. The average Bonchev–Trinajstić information content (AvgIpc) is 2.86. The number of hydrogen-bond acceptors (Lipinski definition) is 3. The molecule has 1 N–H and O–H groups in total. The molecule has 1 aromatic carbocycles. The maximum atomic E-state index is 8.82. The predicted molar refractivity (Wildman–Crippen MR) is 67.3 cm³/mol. The van der Waals surface area contributed by atoms with Gasteiger partial charge in [-0.1, -0.05) is 6.07 Å². The Morgan fingerprint density at radius 3 is 3.00 bits per heavy atom. The molecular formula is C14H9N3O. The standard InChI is InChI=1S/C14H9N3O/c15-9-10-2-1-3-11(8-10)18-14-5-4-12-13(17-14)6-7-16-12/h1-8,16H. The molecule has 0 aliphatic rings. The van der Waals surface area contributed by atoms with Crippen LogP contribution in [0.2, 0.25) is 0 Å². The van der Waals surface area contributed by atoms with Gasteiger partial charge in [0.2, 0.25) is 5.88 Å². The quantitative estimate of drug-likeness (QED) is 0.741. The summed E-state index contributed by atoms with van der Waals surface area (Å²) in [5, 5.41) is 8.82. The third-order valence-corrected chi connectivity index (χ3v) is 2.56. The average molecular weight is 235 g/mol. The topological polar surface area (TPSA) is 61.7 Å². The van der Waals surface area contributed by atoms with Crippen LogP contribution in [0.4, 0.5) is 0 Å². The fourth-order valence-electron chi connectivity index (χ4n) is 1.72. The largest absolute Gasteiger partial charge is 0.439 e. The Hall–Kier alpha value is -2.80. The lowest BCUT2D eigenvalue weighted by atomic mass is 10.2. The van der Waals surface area contributed by atoms with Crippen LogP contribution in [0.25, 0.3) is 11.0 Å². The first-order chi connectivity index (χ1) is 8.85. The fourth-order valence-corrected chi connectivity index (χ4v) is 1.72. The first-order valence-corrected chi connectivity index (χ1v) is 5.47. The third-order valence-electron chi connectivity index (χ3n) is 2.56. The molecule has 2 heterocycles. The van der Waals surface area contributed by atoms with Crippen LogP contribution in [0, 0.1) is 11.3 Å². The molecule has 0 unspecified atom stereocenters. The van der Waals surface area contributed by atoms with Gasteiger partial charge in [0.05, 0.1) is 22.7 Å². The number of hydrogen-bond donors (Lipinski definition) is 1. The van der Waals surface area contributed by atoms with E-state index in [1.54, 1.807) is 30.3 Å². The number of fused-ring (bicyclic) bond motifs is 1. The van der Waals surface area contributed by atoms with Crippen LogP contribution in [0.3, 0.4) is 0 Å². The van der Waals surface area contributed by atoms with Gasteiger partial charge in [-0.3, -0.25) is 0 Å². The first-order valence-electron chi connectivity index (χ1n) is 5.47. The van der Waals surface area contributed by atoms with E-state index in [4.69, 9.17) is 10.00 Å². The Balaban J connectivity index is 1.93. The number of aromatic amines is 1. The molecule has 0 spiro atoms. The molecule has 0 fully saturated rings. The van der Waals surface area contributed by atoms with Crippen molar-refractivity contribution in [2.24, 2.45) is 0 Å². The molecule has 4 nitrogen and oxygen atoms in total. The van der Waals surface area contributed by atoms with Crippen molar-refractivity contribution in [3.63, 3.8) is 0 Å². The molecule has 3 rings (SSSR count). The van der Waals surface area contributed by atoms with Gasteiger partial charge >= 0.3 is 0 Å². The summed E-state index contributed by atoms with van der Waals surface area (Å²) < 4.78 is 5.62. The monoisotopic (exact) mass is 235 g/mol. The van der Waals surface area contributed by atoms with Crippen LogP contribution in [-0.4, -0.2) is 9.97 Å². The molecule has 0 bridgehead atoms. The predicted octanol–water partition coefficient (Wildman–Crippen LogP) is 3.23. The number of rotatable bonds is 2. The Kier molecular flexibility index (Phi) is 2.43. The molecule has 0 aliphatic heterocycles. The highest BCUT2D eigenvalue weighted by atomic mass is 16.5. The van der Waals surface area contributed by atoms with Crippen molar-refractivity contribution in [2.75, 3.05) is 0 Å². The van der Waals surface area contributed by atoms with Crippen LogP contribution < -0.4 is 4.74 Å². The third kappa shape index (κ3) is 1.89. The molecule has 86 valence electrons. The Morgan fingerprint density at radius 2 is 2.11 bits per heavy atom. The summed E-state index contributed by atoms with van der Waals surface area (Å²) >= 11 is 0. The second-order valence-corrected chi connectivity index (χ2v) is 3.80. The van der Waals surface area contributed by atoms with E-state index < -0.39 is 0 Å². The van der Waals surface area contributed by atoms with Crippen molar-refractivity contribution in [1.29, 1.82) is 5.26 Å². The molecule has 18 heavy (non-hydrogen) atoms. The number of H-pyrrole nitrogens is 1. The zero-order valence-electron chi connectivity index (χ0n) is 9.42. The lowest BCUT2D eigenvalue weighted by Crippen LogP contribution is -1.88. The summed E-state index contributed by atoms with van der Waals surface area (Å²) in [4.78, 5) is 7.42. The van der Waals surface area contributed by atoms with E-state index in [0.29, 0.717) is 17.2 Å². The fraction of sp³-hybridized carbons (Fsp3) is 0. The zero-order chi connectivity index (χ0) is 12.4. The minimum absolute atomic E-state index is 0.511. The van der Waals surface area contributed by atoms with Gasteiger partial charge in [0, 0.05) is 12.3 Å². The minimum Gasteiger partial charge on any atom is -0.439 e. The van der Waals surface area contributed by atoms with Gasteiger partial charge in [-0.05, 0) is 30.3 Å². The summed E-state index contributed by atoms with van der Waals surface area (Å²) in [5.41, 5.74) is 2.38. The maximum Gasteiger partial charge on any atom is 0.219 e. The van der Waals surface area contributed by atoms with Gasteiger partial charge in [0.25, 0.3) is 0 Å². The SMILES string of the molecule is N#Cc1cccc(Oc2ccc3[nH]ccc3n2)c1. The maximum absolute atomic E-state index is 8.82. The molecule has 0 saturated carbocycles. The second kappa shape index (κ2) is 4.22. The van der Waals surface area contributed by atoms with Crippen LogP contribution in [0.15, 0.2) is 48.7 Å². The van der Waals surface area contributed by atoms with Gasteiger partial charge < -0.3 is 9.72 Å². The first kappa shape index (κ1) is 10.4. The van der Waals surface area contributed by atoms with E-state index in [-0.39, 0.29) is 0 Å². The zero-order valence-corrected chi connectivity index (χ0v) is 9.42. The van der Waals surface area contributed by atoms with Crippen LogP contribution in [-0.2, 0) is 0 Å². The van der Waals surface area contributed by atoms with Gasteiger partial charge in [0.1, 0.15) is 5.75 Å². The molecule has 3 aromatic rings. The molecule has 0 saturated heterocycles. The van der Waals surface area contributed by atoms with E-state index in [0.717, 1.165) is 11.0 Å². The lowest BCUT2D eigenvalue weighted by molar-refractivity contribution is 0.465. The van der Waals surface area contributed by atoms with E-state index in [1.165, 1.54) is 0 Å². The molecule has 0 amide bonds. The highest BCUT2D eigenvalue weighted by Gasteiger charge is 2.02. The molecule has 0 aliphatic carbocycles. The van der Waals surface area contributed by atoms with Crippen molar-refractivity contribution in [2.45, 2.75) is 0 Å². The number of pyridine rings is 1. The molecular weight excluding hydrogens is 226 g/mol. The highest BCUT2D eigenvalue weighted by Crippen LogP contribution is 2.22. The van der Waals surface area contributed by atoms with Crippen molar-refractivity contribution in [1.82, 2.24) is 9.97 Å². The number of benzene rings is 1. The van der Waals surface area contributed by atoms with Crippen molar-refractivity contribution < 1.29 is 4.74 Å². The smallest absolute Gasteiger partial charge is 0.219 e. The van der Waals surface area contributed by atoms with Gasteiger partial charge in [-0.25, -0.2) is 4.98 Å². The highest BCUT2D eigenvalue weighted by molar-refractivity contribution is 5.75. The van der Waals surface area contributed by atoms with Crippen LogP contribution in [0.1, 0.15) is 5.56 Å². The second-order valence-electron chi connectivity index (χ2n) is 3.80. The number of nitrogens with one attached hydrogen (secondary N) is 1. The van der Waals surface area contributed by atoms with Gasteiger partial charge in [-0.15, -0.1) is 0 Å². The number of aromatic nitrogens is 2. The van der Waals surface area contributed by atoms with Gasteiger partial charge in [0.15, 0.2) is 0 Å². The summed E-state index contributed by atoms with van der Waals surface area (Å²) in [6.45, 7) is 0. The Morgan fingerprint density at radius 1 is 1.17 bits per heavy atom. The van der Waals surface area contributed by atoms with Crippen molar-refractivity contribution >= 4 is 11.0 Å². The van der Waals surface area contributed by atoms with E-state index >= 15 is 0 Å². The Labute approximate surface area is 103 Å². The number of nitrogens with zero attached hydrogens (tertiary/aromatic N) is 2. The Bertz CT molecular complexity index is 740. The summed E-state index contributed by atoms with van der Waals surface area (Å²) in [6.07, 6.45) is 1.83. The number of ether oxygens (including phenoxy) is 1. The molecule has 4 heteroatoms. The molecule has 0 radical (unpaired) electrons. The van der Waals surface area contributed by atoms with E-state index in [9.17, 15) is 0 Å². The summed E-state index contributed by atoms with van der Waals surface area (Å²) in [6, 6.07) is 14.6. The van der Waals surface area contributed by atoms with Crippen molar-refractivity contribution in [3.8, 4) is 17.7 Å². The van der Waals surface area contributed by atoms with Crippen molar-refractivity contribution in [3.05, 3.63) is 54.2 Å². The van der Waals surface area contributed by atoms with E-state index in [2.05, 4.69) is 16.0 Å². The number of nitriles is 1. The summed E-state index contributed by atoms with van der Waals surface area (Å²) in [5.74, 6) is 1.12. The van der Waals surface area contributed by atoms with E-state index in [1.807, 2.05) is 18.3 Å². The normalized spacial score (nSPS) is 10.2. The molecule has 2 aromatic heterocycles. The minimum atomic E-state index is 0.511. The van der Waals surface area contributed by atoms with Gasteiger partial charge in [-0.2, -0.15) is 5.26 Å². The lowest BCUT2D eigenvalue weighted by Gasteiger charge is -2.04. The van der Waals surface area contributed by atoms with Crippen LogP contribution >= 0.6 is 0 Å².